The van der Waals surface area contributed by atoms with E-state index in [0.717, 1.165) is 12.1 Å². The normalized spacial score (nSPS) is 18.6. The molecule has 2 aliphatic rings. The Balaban J connectivity index is 1.35. The second kappa shape index (κ2) is 13.7. The van der Waals surface area contributed by atoms with E-state index >= 15 is 0 Å². The molecule has 0 saturated carbocycles. The van der Waals surface area contributed by atoms with E-state index < -0.39 is 33.2 Å². The molecular formula is C30H39F3N4O6S. The molecule has 0 aliphatic carbocycles. The summed E-state index contributed by atoms with van der Waals surface area (Å²) in [6.45, 7) is 6.25. The van der Waals surface area contributed by atoms with Crippen LogP contribution in [0.4, 0.5) is 23.7 Å². The standard InChI is InChI=1S/C30H39F3N4O6S/c1-21(2)20-29(40)7-10-37(11-8-29)28(39)35-24-17-23(30(31,32)33)18-26(19-24)43-25-5-3-22(4-6-25)27(38)34-9-12-36-13-15-44(41,42)16-14-36/h3-6,17-19,21,40H,7-16,20H2,1-2H3,(H,34,38)(H,35,39). The number of alkyl halides is 3. The Morgan fingerprint density at radius 2 is 1.64 bits per heavy atom. The second-order valence-corrected chi connectivity index (χ2v) is 14.2. The summed E-state index contributed by atoms with van der Waals surface area (Å²) in [6, 6.07) is 8.25. The number of carbonyl (C=O) groups excluding carboxylic acids is 2. The van der Waals surface area contributed by atoms with Gasteiger partial charge in [-0.1, -0.05) is 13.8 Å². The monoisotopic (exact) mass is 640 g/mol. The summed E-state index contributed by atoms with van der Waals surface area (Å²) in [6.07, 6.45) is -3.32. The average Bonchev–Trinajstić information content (AvgIpc) is 2.93. The van der Waals surface area contributed by atoms with Crippen LogP contribution < -0.4 is 15.4 Å². The van der Waals surface area contributed by atoms with Crippen LogP contribution in [0, 0.1) is 5.92 Å². The SMILES string of the molecule is CC(C)CC1(O)CCN(C(=O)Nc2cc(Oc3ccc(C(=O)NCCN4CCS(=O)(=O)CC4)cc3)cc(C(F)(F)F)c2)CC1. The van der Waals surface area contributed by atoms with Crippen molar-refractivity contribution in [3.05, 3.63) is 53.6 Å². The molecule has 44 heavy (non-hydrogen) atoms. The molecule has 0 unspecified atom stereocenters. The zero-order chi connectivity index (χ0) is 32.1. The molecule has 2 aliphatic heterocycles. The van der Waals surface area contributed by atoms with Crippen molar-refractivity contribution in [1.82, 2.24) is 15.1 Å². The zero-order valence-corrected chi connectivity index (χ0v) is 25.6. The van der Waals surface area contributed by atoms with Gasteiger partial charge < -0.3 is 25.4 Å². The molecule has 2 fully saturated rings. The van der Waals surface area contributed by atoms with Crippen molar-refractivity contribution in [3.8, 4) is 11.5 Å². The van der Waals surface area contributed by atoms with Gasteiger partial charge in [-0.15, -0.1) is 0 Å². The van der Waals surface area contributed by atoms with Crippen LogP contribution in [0.25, 0.3) is 0 Å². The van der Waals surface area contributed by atoms with E-state index in [1.54, 1.807) is 0 Å². The highest BCUT2D eigenvalue weighted by atomic mass is 32.2. The maximum atomic E-state index is 13.7. The fourth-order valence-corrected chi connectivity index (χ4v) is 6.68. The number of carbonyl (C=O) groups is 2. The first kappa shape index (κ1) is 33.5. The Hall–Kier alpha value is -3.36. The lowest BCUT2D eigenvalue weighted by atomic mass is 9.84. The Kier molecular flexibility index (Phi) is 10.5. The number of aliphatic hydroxyl groups is 1. The summed E-state index contributed by atoms with van der Waals surface area (Å²) in [4.78, 5) is 28.8. The summed E-state index contributed by atoms with van der Waals surface area (Å²) in [5, 5.41) is 16.0. The predicted molar refractivity (Wildman–Crippen MR) is 160 cm³/mol. The van der Waals surface area contributed by atoms with Crippen molar-refractivity contribution in [2.24, 2.45) is 5.92 Å². The predicted octanol–water partition coefficient (Wildman–Crippen LogP) is 4.36. The Morgan fingerprint density at radius 1 is 1.00 bits per heavy atom. The number of sulfone groups is 1. The highest BCUT2D eigenvalue weighted by Gasteiger charge is 2.35. The number of hydrogen-bond donors (Lipinski definition) is 3. The Morgan fingerprint density at radius 3 is 2.23 bits per heavy atom. The number of rotatable bonds is 9. The number of ether oxygens (including phenoxy) is 1. The number of nitrogens with zero attached hydrogens (tertiary/aromatic N) is 2. The Bertz CT molecular complexity index is 1410. The quantitative estimate of drug-likeness (QED) is 0.372. The van der Waals surface area contributed by atoms with Gasteiger partial charge in [-0.25, -0.2) is 13.2 Å². The van der Waals surface area contributed by atoms with Crippen LogP contribution in [0.3, 0.4) is 0 Å². The van der Waals surface area contributed by atoms with Gasteiger partial charge in [-0.2, -0.15) is 13.2 Å². The Labute approximate surface area is 255 Å². The van der Waals surface area contributed by atoms with Crippen molar-refractivity contribution in [3.63, 3.8) is 0 Å². The van der Waals surface area contributed by atoms with Crippen LogP contribution in [0.5, 0.6) is 11.5 Å². The number of amides is 3. The molecule has 10 nitrogen and oxygen atoms in total. The number of benzene rings is 2. The molecule has 2 aromatic rings. The van der Waals surface area contributed by atoms with Crippen molar-refractivity contribution < 1.29 is 41.0 Å². The number of anilines is 1. The smallest absolute Gasteiger partial charge is 0.416 e. The van der Waals surface area contributed by atoms with E-state index in [4.69, 9.17) is 4.74 Å². The number of halogens is 3. The lowest BCUT2D eigenvalue weighted by molar-refractivity contribution is -0.137. The van der Waals surface area contributed by atoms with Crippen molar-refractivity contribution in [2.45, 2.75) is 44.9 Å². The van der Waals surface area contributed by atoms with Crippen LogP contribution in [-0.2, 0) is 16.0 Å². The topological polar surface area (TPSA) is 128 Å². The summed E-state index contributed by atoms with van der Waals surface area (Å²) in [5.41, 5.74) is -1.64. The largest absolute Gasteiger partial charge is 0.457 e. The zero-order valence-electron chi connectivity index (χ0n) is 24.8. The first-order valence-corrected chi connectivity index (χ1v) is 16.4. The van der Waals surface area contributed by atoms with Gasteiger partial charge in [0.05, 0.1) is 22.7 Å². The molecule has 14 heteroatoms. The average molecular weight is 641 g/mol. The van der Waals surface area contributed by atoms with Crippen LogP contribution in [-0.4, -0.2) is 91.6 Å². The minimum Gasteiger partial charge on any atom is -0.457 e. The fraction of sp³-hybridized carbons (Fsp3) is 0.533. The molecule has 0 atom stereocenters. The van der Waals surface area contributed by atoms with Gasteiger partial charge in [0.25, 0.3) is 5.91 Å². The molecule has 0 spiro atoms. The second-order valence-electron chi connectivity index (χ2n) is 11.9. The third-order valence-corrected chi connectivity index (χ3v) is 9.37. The highest BCUT2D eigenvalue weighted by Crippen LogP contribution is 2.36. The highest BCUT2D eigenvalue weighted by molar-refractivity contribution is 7.91. The number of hydrogen-bond acceptors (Lipinski definition) is 7. The van der Waals surface area contributed by atoms with E-state index in [2.05, 4.69) is 10.6 Å². The molecule has 4 rings (SSSR count). The molecule has 3 amide bonds. The maximum Gasteiger partial charge on any atom is 0.416 e. The summed E-state index contributed by atoms with van der Waals surface area (Å²) < 4.78 is 69.8. The summed E-state index contributed by atoms with van der Waals surface area (Å²) >= 11 is 0. The molecule has 3 N–H and O–H groups in total. The van der Waals surface area contributed by atoms with E-state index in [1.807, 2.05) is 18.7 Å². The molecule has 2 saturated heterocycles. The van der Waals surface area contributed by atoms with Crippen LogP contribution in [0.1, 0.15) is 49.0 Å². The minimum absolute atomic E-state index is 0.0925. The fourth-order valence-electron chi connectivity index (χ4n) is 5.40. The number of nitrogens with one attached hydrogen (secondary N) is 2. The minimum atomic E-state index is -4.69. The van der Waals surface area contributed by atoms with E-state index in [1.165, 1.54) is 35.2 Å². The molecule has 242 valence electrons. The van der Waals surface area contributed by atoms with Crippen LogP contribution in [0.15, 0.2) is 42.5 Å². The maximum absolute atomic E-state index is 13.7. The number of piperidine rings is 1. The molecular weight excluding hydrogens is 601 g/mol. The molecule has 0 radical (unpaired) electrons. The van der Waals surface area contributed by atoms with Gasteiger partial charge in [-0.3, -0.25) is 9.69 Å². The first-order valence-electron chi connectivity index (χ1n) is 14.6. The lowest BCUT2D eigenvalue weighted by Gasteiger charge is -2.39. The molecule has 2 aromatic carbocycles. The molecule has 2 heterocycles. The van der Waals surface area contributed by atoms with E-state index in [9.17, 15) is 36.3 Å². The van der Waals surface area contributed by atoms with Crippen LogP contribution in [0.2, 0.25) is 0 Å². The van der Waals surface area contributed by atoms with Crippen molar-refractivity contribution in [2.75, 3.05) is 56.1 Å². The van der Waals surface area contributed by atoms with E-state index in [0.29, 0.717) is 51.0 Å². The number of likely N-dealkylation sites (tertiary alicyclic amines) is 1. The van der Waals surface area contributed by atoms with Gasteiger partial charge in [0.2, 0.25) is 0 Å². The van der Waals surface area contributed by atoms with Gasteiger partial charge in [0.15, 0.2) is 9.84 Å². The van der Waals surface area contributed by atoms with Crippen molar-refractivity contribution in [1.29, 1.82) is 0 Å². The van der Waals surface area contributed by atoms with Crippen molar-refractivity contribution >= 4 is 27.5 Å². The summed E-state index contributed by atoms with van der Waals surface area (Å²) in [7, 11) is -2.98. The van der Waals surface area contributed by atoms with E-state index in [-0.39, 0.29) is 53.6 Å². The van der Waals surface area contributed by atoms with Crippen LogP contribution >= 0.6 is 0 Å². The van der Waals surface area contributed by atoms with Gasteiger partial charge in [0.1, 0.15) is 11.5 Å². The summed E-state index contributed by atoms with van der Waals surface area (Å²) in [5.74, 6) is 0.173. The third-order valence-electron chi connectivity index (χ3n) is 7.76. The molecule has 0 bridgehead atoms. The van der Waals surface area contributed by atoms with Gasteiger partial charge in [0, 0.05) is 56.6 Å². The molecule has 0 aromatic heterocycles. The lowest BCUT2D eigenvalue weighted by Crippen LogP contribution is -2.48. The van der Waals surface area contributed by atoms with Gasteiger partial charge in [-0.05, 0) is 61.6 Å². The number of urea groups is 1. The first-order chi connectivity index (χ1) is 20.6. The van der Waals surface area contributed by atoms with Gasteiger partial charge >= 0.3 is 12.2 Å². The third kappa shape index (κ3) is 9.57.